The summed E-state index contributed by atoms with van der Waals surface area (Å²) in [4.78, 5) is 0. The van der Waals surface area contributed by atoms with Gasteiger partial charge in [0.15, 0.2) is 0 Å². The Morgan fingerprint density at radius 1 is 0.926 bits per heavy atom. The Labute approximate surface area is 164 Å². The molecule has 0 bridgehead atoms. The largest absolute Gasteiger partial charge is 0.216 e. The Morgan fingerprint density at radius 2 is 1.70 bits per heavy atom. The van der Waals surface area contributed by atoms with Crippen LogP contribution in [-0.4, -0.2) is 0 Å². The third-order valence-corrected chi connectivity index (χ3v) is 7.88. The van der Waals surface area contributed by atoms with Crippen LogP contribution in [0.4, 0.5) is 4.39 Å². The Hall–Kier alpha value is -1.37. The summed E-state index contributed by atoms with van der Waals surface area (Å²) in [6.07, 6.45) is 18.8. The van der Waals surface area contributed by atoms with Gasteiger partial charge in [0.1, 0.15) is 0 Å². The summed E-state index contributed by atoms with van der Waals surface area (Å²) in [7, 11) is 0. The van der Waals surface area contributed by atoms with Crippen molar-refractivity contribution in [2.24, 2.45) is 29.6 Å². The molecule has 2 fully saturated rings. The summed E-state index contributed by atoms with van der Waals surface area (Å²) in [5, 5.41) is 0. The second-order valence-electron chi connectivity index (χ2n) is 9.42. The van der Waals surface area contributed by atoms with E-state index in [2.05, 4.69) is 24.8 Å². The Kier molecular flexibility index (Phi) is 6.15. The van der Waals surface area contributed by atoms with E-state index in [0.717, 1.165) is 42.8 Å². The van der Waals surface area contributed by atoms with E-state index in [0.29, 0.717) is 5.92 Å². The van der Waals surface area contributed by atoms with Crippen LogP contribution in [0.2, 0.25) is 0 Å². The zero-order valence-electron chi connectivity index (χ0n) is 16.7. The van der Waals surface area contributed by atoms with Crippen LogP contribution in [-0.2, 0) is 19.3 Å². The van der Waals surface area contributed by atoms with Crippen LogP contribution in [0, 0.1) is 29.6 Å². The first-order valence-corrected chi connectivity index (χ1v) is 11.2. The zero-order valence-corrected chi connectivity index (χ0v) is 16.7. The molecule has 0 aliphatic heterocycles. The van der Waals surface area contributed by atoms with Gasteiger partial charge in [-0.3, -0.25) is 0 Å². The predicted octanol–water partition coefficient (Wildman–Crippen LogP) is 7.23. The molecule has 0 heterocycles. The fourth-order valence-electron chi connectivity index (χ4n) is 6.33. The minimum absolute atomic E-state index is 0.504. The molecule has 0 N–H and O–H groups in total. The highest BCUT2D eigenvalue weighted by molar-refractivity contribution is 5.34. The van der Waals surface area contributed by atoms with Crippen molar-refractivity contribution < 1.29 is 4.39 Å². The molecule has 0 amide bonds. The molecule has 27 heavy (non-hydrogen) atoms. The second kappa shape index (κ2) is 8.76. The van der Waals surface area contributed by atoms with Crippen molar-refractivity contribution in [3.63, 3.8) is 0 Å². The van der Waals surface area contributed by atoms with Crippen LogP contribution in [0.25, 0.3) is 0 Å². The smallest absolute Gasteiger partial charge is 0.0829 e. The number of hydrogen-bond donors (Lipinski definition) is 0. The van der Waals surface area contributed by atoms with Crippen LogP contribution in [0.1, 0.15) is 68.1 Å². The fraction of sp³-hybridized carbons (Fsp3) is 0.615. The van der Waals surface area contributed by atoms with Crippen molar-refractivity contribution in [1.29, 1.82) is 0 Å². The molecule has 1 aromatic carbocycles. The lowest BCUT2D eigenvalue weighted by molar-refractivity contribution is 0.0809. The highest BCUT2D eigenvalue weighted by Gasteiger charge is 2.38. The van der Waals surface area contributed by atoms with Crippen molar-refractivity contribution >= 4 is 0 Å². The molecule has 0 saturated heterocycles. The lowest BCUT2D eigenvalue weighted by Gasteiger charge is -2.44. The van der Waals surface area contributed by atoms with E-state index >= 15 is 0 Å². The van der Waals surface area contributed by atoms with Crippen LogP contribution < -0.4 is 0 Å². The molecule has 3 aliphatic rings. The maximum absolute atomic E-state index is 12.5. The fourth-order valence-corrected chi connectivity index (χ4v) is 6.33. The van der Waals surface area contributed by atoms with Gasteiger partial charge in [0, 0.05) is 0 Å². The average molecular weight is 367 g/mol. The normalized spacial score (nSPS) is 33.4. The molecule has 1 aromatic rings. The van der Waals surface area contributed by atoms with Crippen LogP contribution in [0.15, 0.2) is 43.3 Å². The molecule has 2 saturated carbocycles. The van der Waals surface area contributed by atoms with Crippen molar-refractivity contribution in [2.75, 3.05) is 0 Å². The van der Waals surface area contributed by atoms with Gasteiger partial charge >= 0.3 is 0 Å². The Balaban J connectivity index is 1.35. The molecule has 0 nitrogen and oxygen atoms in total. The summed E-state index contributed by atoms with van der Waals surface area (Å²) in [6, 6.07) is 7.23. The summed E-state index contributed by atoms with van der Waals surface area (Å²) >= 11 is 0. The van der Waals surface area contributed by atoms with Gasteiger partial charge in [-0.2, -0.15) is 0 Å². The van der Waals surface area contributed by atoms with E-state index in [1.807, 2.05) is 12.2 Å². The standard InChI is InChI=1S/C26H35F/c1-2-3-4-19-5-7-23-17-25(11-9-21(23)15-19)26-12-10-22-16-20(13-14-27)6-8-24(22)18-26/h2,5,7,13-15,20,22,24-26H,1,3-4,6,8-12,16-18H2/b14-13+. The third-order valence-electron chi connectivity index (χ3n) is 7.88. The third kappa shape index (κ3) is 4.39. The molecule has 5 atom stereocenters. The lowest BCUT2D eigenvalue weighted by Crippen LogP contribution is -2.34. The number of rotatable bonds is 5. The quantitative estimate of drug-likeness (QED) is 0.482. The van der Waals surface area contributed by atoms with E-state index in [1.165, 1.54) is 63.4 Å². The SMILES string of the molecule is C=CCCc1ccc2c(c1)CCC(C1CCC3CC(/C=C/F)CCC3C1)C2. The minimum Gasteiger partial charge on any atom is -0.216 e. The maximum atomic E-state index is 12.5. The van der Waals surface area contributed by atoms with Crippen molar-refractivity contribution in [1.82, 2.24) is 0 Å². The number of fused-ring (bicyclic) bond motifs is 2. The highest BCUT2D eigenvalue weighted by Crippen LogP contribution is 2.48. The van der Waals surface area contributed by atoms with Gasteiger partial charge < -0.3 is 0 Å². The maximum Gasteiger partial charge on any atom is 0.0829 e. The molecular weight excluding hydrogens is 331 g/mol. The van der Waals surface area contributed by atoms with Gasteiger partial charge in [0.2, 0.25) is 0 Å². The topological polar surface area (TPSA) is 0 Å². The van der Waals surface area contributed by atoms with Crippen molar-refractivity contribution in [3.8, 4) is 0 Å². The monoisotopic (exact) mass is 366 g/mol. The highest BCUT2D eigenvalue weighted by atomic mass is 19.1. The zero-order chi connectivity index (χ0) is 18.6. The molecule has 0 radical (unpaired) electrons. The van der Waals surface area contributed by atoms with E-state index in [1.54, 1.807) is 11.1 Å². The first-order chi connectivity index (χ1) is 13.3. The van der Waals surface area contributed by atoms with Gasteiger partial charge in [-0.05, 0) is 117 Å². The van der Waals surface area contributed by atoms with Gasteiger partial charge in [0.05, 0.1) is 6.33 Å². The van der Waals surface area contributed by atoms with Gasteiger partial charge in [-0.15, -0.1) is 6.58 Å². The van der Waals surface area contributed by atoms with Crippen LogP contribution >= 0.6 is 0 Å². The van der Waals surface area contributed by atoms with E-state index in [9.17, 15) is 4.39 Å². The molecule has 146 valence electrons. The summed E-state index contributed by atoms with van der Waals surface area (Å²) < 4.78 is 12.5. The summed E-state index contributed by atoms with van der Waals surface area (Å²) in [6.45, 7) is 3.85. The first kappa shape index (κ1) is 19.0. The summed E-state index contributed by atoms with van der Waals surface area (Å²) in [5.74, 6) is 4.09. The molecule has 3 aliphatic carbocycles. The van der Waals surface area contributed by atoms with Gasteiger partial charge in [-0.25, -0.2) is 4.39 Å². The molecule has 5 unspecified atom stereocenters. The molecule has 4 rings (SSSR count). The Bertz CT molecular complexity index is 673. The predicted molar refractivity (Wildman–Crippen MR) is 112 cm³/mol. The number of halogens is 1. The van der Waals surface area contributed by atoms with E-state index < -0.39 is 0 Å². The number of hydrogen-bond acceptors (Lipinski definition) is 0. The van der Waals surface area contributed by atoms with E-state index in [-0.39, 0.29) is 0 Å². The van der Waals surface area contributed by atoms with Gasteiger partial charge in [0.25, 0.3) is 0 Å². The number of aryl methyl sites for hydroxylation is 2. The number of benzene rings is 1. The Morgan fingerprint density at radius 3 is 2.52 bits per heavy atom. The van der Waals surface area contributed by atoms with Gasteiger partial charge in [-0.1, -0.05) is 30.4 Å². The van der Waals surface area contributed by atoms with E-state index in [4.69, 9.17) is 0 Å². The average Bonchev–Trinajstić information content (AvgIpc) is 2.71. The van der Waals surface area contributed by atoms with Crippen LogP contribution in [0.3, 0.4) is 0 Å². The van der Waals surface area contributed by atoms with Crippen molar-refractivity contribution in [2.45, 2.75) is 70.6 Å². The molecular formula is C26H35F. The summed E-state index contributed by atoms with van der Waals surface area (Å²) in [5.41, 5.74) is 4.71. The molecule has 1 heteroatoms. The van der Waals surface area contributed by atoms with Crippen molar-refractivity contribution in [3.05, 3.63) is 60.0 Å². The first-order valence-electron chi connectivity index (χ1n) is 11.2. The lowest BCUT2D eigenvalue weighted by atomic mass is 9.61. The molecule has 0 aromatic heterocycles. The number of allylic oxidation sites excluding steroid dienone is 2. The second-order valence-corrected chi connectivity index (χ2v) is 9.42. The molecule has 0 spiro atoms. The van der Waals surface area contributed by atoms with Crippen LogP contribution in [0.5, 0.6) is 0 Å². The minimum atomic E-state index is 0.504.